The van der Waals surface area contributed by atoms with Crippen LogP contribution in [0.5, 0.6) is 5.75 Å². The second-order valence-electron chi connectivity index (χ2n) is 9.36. The van der Waals surface area contributed by atoms with Gasteiger partial charge < -0.3 is 4.89 Å². The van der Waals surface area contributed by atoms with E-state index in [1.807, 2.05) is 97.1 Å². The van der Waals surface area contributed by atoms with Crippen LogP contribution in [0.2, 0.25) is 0 Å². The normalized spacial score (nSPS) is 12.5. The Morgan fingerprint density at radius 1 is 0.538 bits per heavy atom. The number of hydrogen-bond donors (Lipinski definition) is 0. The van der Waals surface area contributed by atoms with E-state index in [4.69, 9.17) is 9.78 Å². The Balaban J connectivity index is 1.14. The molecule has 5 aromatic rings. The van der Waals surface area contributed by atoms with Crippen LogP contribution >= 0.6 is 0 Å². The van der Waals surface area contributed by atoms with Gasteiger partial charge in [-0.1, -0.05) is 97.1 Å². The van der Waals surface area contributed by atoms with Gasteiger partial charge in [0.25, 0.3) is 11.8 Å². The van der Waals surface area contributed by atoms with Gasteiger partial charge in [0, 0.05) is 5.56 Å². The molecule has 39 heavy (non-hydrogen) atoms. The van der Waals surface area contributed by atoms with Gasteiger partial charge in [-0.15, -0.1) is 0 Å². The molecule has 0 bridgehead atoms. The molecular weight excluding hydrogens is 486 g/mol. The first-order chi connectivity index (χ1) is 19.2. The molecule has 0 saturated heterocycles. The quantitative estimate of drug-likeness (QED) is 0.125. The highest BCUT2D eigenvalue weighted by Crippen LogP contribution is 2.31. The highest BCUT2D eigenvalue weighted by atomic mass is 17.2. The van der Waals surface area contributed by atoms with Crippen molar-refractivity contribution in [1.82, 2.24) is 0 Å². The van der Waals surface area contributed by atoms with Crippen LogP contribution in [0.15, 0.2) is 127 Å². The lowest BCUT2D eigenvalue weighted by molar-refractivity contribution is -0.217. The van der Waals surface area contributed by atoms with E-state index >= 15 is 0 Å². The van der Waals surface area contributed by atoms with Gasteiger partial charge in [0.15, 0.2) is 5.75 Å². The molecule has 0 radical (unpaired) electrons. The Hall–Kier alpha value is -5.00. The molecule has 0 atom stereocenters. The summed E-state index contributed by atoms with van der Waals surface area (Å²) >= 11 is 0. The van der Waals surface area contributed by atoms with Crippen LogP contribution in [0.25, 0.3) is 11.1 Å². The van der Waals surface area contributed by atoms with E-state index in [1.54, 1.807) is 18.2 Å². The predicted molar refractivity (Wildman–Crippen MR) is 151 cm³/mol. The number of carbonyl (C=O) groups excluding carboxylic acids is 2. The number of rotatable bonds is 8. The molecule has 0 aliphatic carbocycles. The van der Waals surface area contributed by atoms with E-state index in [9.17, 15) is 9.59 Å². The van der Waals surface area contributed by atoms with Crippen LogP contribution in [-0.2, 0) is 17.9 Å². The molecule has 1 aliphatic rings. The van der Waals surface area contributed by atoms with Crippen molar-refractivity contribution in [1.29, 1.82) is 0 Å². The fourth-order valence-corrected chi connectivity index (χ4v) is 4.76. The number of nitrogens with zero attached hydrogens (tertiary/aromatic N) is 1. The molecule has 0 saturated carbocycles. The summed E-state index contributed by atoms with van der Waals surface area (Å²) in [6.07, 6.45) is 0.782. The highest BCUT2D eigenvalue weighted by molar-refractivity contribution is 6.34. The summed E-state index contributed by atoms with van der Waals surface area (Å²) in [6.45, 7) is 0.117. The second kappa shape index (κ2) is 10.8. The first-order valence-electron chi connectivity index (χ1n) is 12.8. The molecule has 190 valence electrons. The molecule has 0 spiro atoms. The molecule has 5 heteroatoms. The molecule has 1 heterocycles. The van der Waals surface area contributed by atoms with Gasteiger partial charge in [-0.3, -0.25) is 9.59 Å². The molecule has 5 nitrogen and oxygen atoms in total. The first-order valence-corrected chi connectivity index (χ1v) is 12.8. The van der Waals surface area contributed by atoms with E-state index in [1.165, 1.54) is 10.5 Å². The molecule has 0 unspecified atom stereocenters. The molecule has 0 N–H and O–H groups in total. The first kappa shape index (κ1) is 24.3. The Morgan fingerprint density at radius 2 is 1.15 bits per heavy atom. The zero-order chi connectivity index (χ0) is 26.6. The number of para-hydroxylation sites is 1. The Labute approximate surface area is 226 Å². The summed E-state index contributed by atoms with van der Waals surface area (Å²) in [7, 11) is 0. The van der Waals surface area contributed by atoms with Crippen LogP contribution < -0.4 is 9.79 Å². The van der Waals surface area contributed by atoms with E-state index in [-0.39, 0.29) is 18.4 Å². The fourth-order valence-electron chi connectivity index (χ4n) is 4.76. The van der Waals surface area contributed by atoms with E-state index in [0.717, 1.165) is 28.7 Å². The van der Waals surface area contributed by atoms with E-state index < -0.39 is 0 Å². The lowest BCUT2D eigenvalue weighted by Gasteiger charge is -2.14. The Kier molecular flexibility index (Phi) is 6.73. The molecule has 5 aromatic carbocycles. The number of benzene rings is 5. The maximum atomic E-state index is 13.3. The SMILES string of the molecule is O=C1c2ccc(COOc3ccccc3-c3ccccc3)cc2C(=O)N1c1ccc(Cc2ccccc2)cc1. The standard InChI is InChI=1S/C34H25NO4/c36-33-30-20-17-26(23-38-39-32-14-8-7-13-29(32)27-11-5-2-6-12-27)22-31(30)34(37)35(33)28-18-15-25(16-19-28)21-24-9-3-1-4-10-24/h1-20,22H,21,23H2. The molecule has 2 amide bonds. The second-order valence-corrected chi connectivity index (χ2v) is 9.36. The maximum Gasteiger partial charge on any atom is 0.266 e. The van der Waals surface area contributed by atoms with Gasteiger partial charge in [-0.25, -0.2) is 4.90 Å². The fraction of sp³-hybridized carbons (Fsp3) is 0.0588. The number of carbonyl (C=O) groups is 2. The summed E-state index contributed by atoms with van der Waals surface area (Å²) in [4.78, 5) is 38.8. The Bertz CT molecular complexity index is 1630. The van der Waals surface area contributed by atoms with Crippen molar-refractivity contribution in [2.45, 2.75) is 13.0 Å². The zero-order valence-corrected chi connectivity index (χ0v) is 21.1. The van der Waals surface area contributed by atoms with Gasteiger partial charge in [-0.2, -0.15) is 4.89 Å². The van der Waals surface area contributed by atoms with Crippen molar-refractivity contribution < 1.29 is 19.4 Å². The van der Waals surface area contributed by atoms with Crippen LogP contribution in [0, 0.1) is 0 Å². The number of imide groups is 1. The lowest BCUT2D eigenvalue weighted by Crippen LogP contribution is -2.29. The number of amides is 2. The minimum atomic E-state index is -0.344. The number of anilines is 1. The minimum Gasteiger partial charge on any atom is -0.337 e. The average molecular weight is 512 g/mol. The summed E-state index contributed by atoms with van der Waals surface area (Å²) in [5.74, 6) is -0.0766. The molecule has 0 fully saturated rings. The van der Waals surface area contributed by atoms with Crippen LogP contribution in [0.3, 0.4) is 0 Å². The third-order valence-electron chi connectivity index (χ3n) is 6.74. The van der Waals surface area contributed by atoms with Crippen molar-refractivity contribution in [3.63, 3.8) is 0 Å². The van der Waals surface area contributed by atoms with Crippen LogP contribution in [-0.4, -0.2) is 11.8 Å². The predicted octanol–water partition coefficient (Wildman–Crippen LogP) is 7.26. The number of hydrogen-bond acceptors (Lipinski definition) is 4. The zero-order valence-electron chi connectivity index (χ0n) is 21.1. The van der Waals surface area contributed by atoms with Gasteiger partial charge in [-0.05, 0) is 59.0 Å². The van der Waals surface area contributed by atoms with Gasteiger partial charge in [0.1, 0.15) is 6.61 Å². The maximum absolute atomic E-state index is 13.3. The monoisotopic (exact) mass is 511 g/mol. The van der Waals surface area contributed by atoms with Crippen LogP contribution in [0.4, 0.5) is 5.69 Å². The largest absolute Gasteiger partial charge is 0.337 e. The summed E-state index contributed by atoms with van der Waals surface area (Å²) in [6, 6.07) is 40.4. The third-order valence-corrected chi connectivity index (χ3v) is 6.74. The third kappa shape index (κ3) is 5.08. The molecule has 1 aliphatic heterocycles. The lowest BCUT2D eigenvalue weighted by atomic mass is 10.0. The molecule has 6 rings (SSSR count). The summed E-state index contributed by atoms with van der Waals surface area (Å²) < 4.78 is 0. The van der Waals surface area contributed by atoms with Crippen molar-refractivity contribution in [2.75, 3.05) is 4.90 Å². The smallest absolute Gasteiger partial charge is 0.266 e. The minimum absolute atomic E-state index is 0.117. The van der Waals surface area contributed by atoms with Gasteiger partial charge in [0.05, 0.1) is 16.8 Å². The van der Waals surface area contributed by atoms with Crippen molar-refractivity contribution in [2.24, 2.45) is 0 Å². The number of fused-ring (bicyclic) bond motifs is 1. The summed E-state index contributed by atoms with van der Waals surface area (Å²) in [5.41, 5.74) is 6.27. The average Bonchev–Trinajstić information content (AvgIpc) is 3.23. The summed E-state index contributed by atoms with van der Waals surface area (Å²) in [5, 5.41) is 0. The highest BCUT2D eigenvalue weighted by Gasteiger charge is 2.36. The Morgan fingerprint density at radius 3 is 1.92 bits per heavy atom. The van der Waals surface area contributed by atoms with Crippen molar-refractivity contribution in [3.05, 3.63) is 155 Å². The molecular formula is C34H25NO4. The van der Waals surface area contributed by atoms with E-state index in [0.29, 0.717) is 22.6 Å². The van der Waals surface area contributed by atoms with Crippen LogP contribution in [0.1, 0.15) is 37.4 Å². The van der Waals surface area contributed by atoms with Gasteiger partial charge in [0.2, 0.25) is 0 Å². The van der Waals surface area contributed by atoms with Crippen molar-refractivity contribution in [3.8, 4) is 16.9 Å². The molecule has 0 aromatic heterocycles. The van der Waals surface area contributed by atoms with Gasteiger partial charge >= 0.3 is 0 Å². The van der Waals surface area contributed by atoms with Crippen molar-refractivity contribution >= 4 is 17.5 Å². The van der Waals surface area contributed by atoms with E-state index in [2.05, 4.69) is 12.1 Å². The topological polar surface area (TPSA) is 55.8 Å².